The van der Waals surface area contributed by atoms with Crippen LogP contribution in [0.3, 0.4) is 0 Å². The Balaban J connectivity index is 1.59. The number of hydrogen-bond acceptors (Lipinski definition) is 2. The van der Waals surface area contributed by atoms with Crippen LogP contribution in [0.4, 0.5) is 17.2 Å². The number of rotatable bonds is 1. The van der Waals surface area contributed by atoms with E-state index in [9.17, 15) is 0 Å². The van der Waals surface area contributed by atoms with Gasteiger partial charge in [-0.3, -0.25) is 4.90 Å². The fraction of sp³-hybridized carbons (Fsp3) is 0.250. The van der Waals surface area contributed by atoms with Crippen LogP contribution in [0.25, 0.3) is 5.57 Å². The van der Waals surface area contributed by atoms with Gasteiger partial charge in [0.15, 0.2) is 0 Å². The molecule has 2 nitrogen and oxygen atoms in total. The summed E-state index contributed by atoms with van der Waals surface area (Å²) in [6, 6.07) is 27.8. The lowest BCUT2D eigenvalue weighted by molar-refractivity contribution is 0.611. The number of pyridine rings is 1. The minimum Gasteiger partial charge on any atom is -0.294 e. The van der Waals surface area contributed by atoms with E-state index >= 15 is 0 Å². The molecule has 2 heteroatoms. The first-order valence-corrected chi connectivity index (χ1v) is 14.0. The average Bonchev–Trinajstić information content (AvgIpc) is 3.23. The SMILES string of the molecule is CC(C)c1ccc2c(c1)N1c3ncccc3C(C)(C)c3cccc(c31)C21C2=C(C=CCC2)c2ccccc21. The fourth-order valence-corrected chi connectivity index (χ4v) is 7.82. The maximum Gasteiger partial charge on any atom is 0.141 e. The number of para-hydroxylation sites is 1. The molecule has 1 atom stereocenters. The molecular formula is C36H32N2. The van der Waals surface area contributed by atoms with Crippen molar-refractivity contribution in [2.45, 2.75) is 57.3 Å². The summed E-state index contributed by atoms with van der Waals surface area (Å²) in [6.07, 6.45) is 8.86. The van der Waals surface area contributed by atoms with Crippen molar-refractivity contribution < 1.29 is 0 Å². The molecule has 2 aliphatic carbocycles. The quantitative estimate of drug-likeness (QED) is 0.263. The highest BCUT2D eigenvalue weighted by molar-refractivity contribution is 5.99. The Bertz CT molecular complexity index is 1730. The Labute approximate surface area is 225 Å². The molecule has 3 aromatic carbocycles. The largest absolute Gasteiger partial charge is 0.294 e. The normalized spacial score (nSPS) is 21.2. The molecule has 8 rings (SSSR count). The zero-order valence-electron chi connectivity index (χ0n) is 22.5. The maximum absolute atomic E-state index is 5.06. The first-order valence-electron chi connectivity index (χ1n) is 14.0. The molecule has 186 valence electrons. The van der Waals surface area contributed by atoms with Crippen LogP contribution in [-0.2, 0) is 10.8 Å². The molecule has 3 heterocycles. The smallest absolute Gasteiger partial charge is 0.141 e. The lowest BCUT2D eigenvalue weighted by atomic mass is 9.60. The predicted octanol–water partition coefficient (Wildman–Crippen LogP) is 9.08. The second-order valence-corrected chi connectivity index (χ2v) is 12.1. The molecule has 0 saturated heterocycles. The van der Waals surface area contributed by atoms with E-state index < -0.39 is 0 Å². The topological polar surface area (TPSA) is 16.1 Å². The molecule has 38 heavy (non-hydrogen) atoms. The number of hydrogen-bond donors (Lipinski definition) is 0. The van der Waals surface area contributed by atoms with E-state index in [1.54, 1.807) is 5.57 Å². The fourth-order valence-electron chi connectivity index (χ4n) is 7.82. The molecule has 0 bridgehead atoms. The Morgan fingerprint density at radius 2 is 1.61 bits per heavy atom. The van der Waals surface area contributed by atoms with Gasteiger partial charge in [-0.05, 0) is 75.4 Å². The van der Waals surface area contributed by atoms with Gasteiger partial charge in [0.25, 0.3) is 0 Å². The Morgan fingerprint density at radius 1 is 0.816 bits per heavy atom. The molecular weight excluding hydrogens is 460 g/mol. The zero-order chi connectivity index (χ0) is 25.8. The van der Waals surface area contributed by atoms with Crippen molar-refractivity contribution in [2.24, 2.45) is 0 Å². The summed E-state index contributed by atoms with van der Waals surface area (Å²) in [5, 5.41) is 0. The second kappa shape index (κ2) is 7.35. The van der Waals surface area contributed by atoms with Crippen LogP contribution in [0.2, 0.25) is 0 Å². The Morgan fingerprint density at radius 3 is 2.47 bits per heavy atom. The van der Waals surface area contributed by atoms with Crippen molar-refractivity contribution in [1.29, 1.82) is 0 Å². The summed E-state index contributed by atoms with van der Waals surface area (Å²) < 4.78 is 0. The van der Waals surface area contributed by atoms with Gasteiger partial charge in [-0.2, -0.15) is 0 Å². The highest BCUT2D eigenvalue weighted by atomic mass is 15.2. The molecule has 2 aliphatic heterocycles. The first-order chi connectivity index (χ1) is 18.5. The van der Waals surface area contributed by atoms with E-state index in [1.165, 1.54) is 55.9 Å². The van der Waals surface area contributed by atoms with E-state index in [1.807, 2.05) is 6.20 Å². The minimum absolute atomic E-state index is 0.151. The van der Waals surface area contributed by atoms with E-state index in [0.717, 1.165) is 18.7 Å². The molecule has 1 unspecified atom stereocenters. The molecule has 4 aromatic rings. The van der Waals surface area contributed by atoms with Crippen molar-refractivity contribution in [1.82, 2.24) is 4.98 Å². The number of aromatic nitrogens is 1. The van der Waals surface area contributed by atoms with E-state index in [2.05, 4.69) is 118 Å². The third kappa shape index (κ3) is 2.47. The van der Waals surface area contributed by atoms with Crippen LogP contribution < -0.4 is 4.90 Å². The van der Waals surface area contributed by atoms with Gasteiger partial charge in [-0.25, -0.2) is 4.98 Å². The molecule has 1 aromatic heterocycles. The Kier molecular flexibility index (Phi) is 4.28. The standard InChI is InChI=1S/C36H32N2/c1-22(2)23-18-19-28-32(21-23)38-33-29(35(3,4)31-17-10-20-37-34(31)38)15-9-16-30(33)36(28)26-13-7-5-11-24(26)25-12-6-8-14-27(25)36/h5-7,9-13,15-22H,8,14H2,1-4H3. The summed E-state index contributed by atoms with van der Waals surface area (Å²) in [5.74, 6) is 1.51. The molecule has 4 aliphatic rings. The van der Waals surface area contributed by atoms with Gasteiger partial charge in [0.2, 0.25) is 0 Å². The van der Waals surface area contributed by atoms with E-state index in [-0.39, 0.29) is 10.8 Å². The first kappa shape index (κ1) is 22.1. The van der Waals surface area contributed by atoms with Crippen molar-refractivity contribution >= 4 is 22.8 Å². The van der Waals surface area contributed by atoms with Crippen molar-refractivity contribution in [2.75, 3.05) is 4.90 Å². The summed E-state index contributed by atoms with van der Waals surface area (Å²) in [7, 11) is 0. The van der Waals surface area contributed by atoms with Gasteiger partial charge in [-0.15, -0.1) is 0 Å². The van der Waals surface area contributed by atoms with Gasteiger partial charge in [0.1, 0.15) is 5.82 Å². The highest BCUT2D eigenvalue weighted by Crippen LogP contribution is 2.67. The van der Waals surface area contributed by atoms with Crippen LogP contribution in [0.5, 0.6) is 0 Å². The molecule has 0 radical (unpaired) electrons. The third-order valence-electron chi connectivity index (χ3n) is 9.59. The summed E-state index contributed by atoms with van der Waals surface area (Å²) in [4.78, 5) is 7.56. The van der Waals surface area contributed by atoms with Gasteiger partial charge in [-0.1, -0.05) is 101 Å². The van der Waals surface area contributed by atoms with E-state index in [0.29, 0.717) is 5.92 Å². The summed E-state index contributed by atoms with van der Waals surface area (Å²) in [5.41, 5.74) is 14.8. The van der Waals surface area contributed by atoms with Gasteiger partial charge in [0.05, 0.1) is 16.8 Å². The number of nitrogens with zero attached hydrogens (tertiary/aromatic N) is 2. The molecule has 0 saturated carbocycles. The van der Waals surface area contributed by atoms with Crippen LogP contribution in [-0.4, -0.2) is 4.98 Å². The lowest BCUT2D eigenvalue weighted by Gasteiger charge is -2.51. The van der Waals surface area contributed by atoms with Crippen LogP contribution in [0.15, 0.2) is 96.7 Å². The van der Waals surface area contributed by atoms with Crippen LogP contribution in [0.1, 0.15) is 85.4 Å². The van der Waals surface area contributed by atoms with Crippen molar-refractivity contribution in [3.05, 3.63) is 136 Å². The van der Waals surface area contributed by atoms with Crippen LogP contribution >= 0.6 is 0 Å². The van der Waals surface area contributed by atoms with Gasteiger partial charge in [0, 0.05) is 17.2 Å². The Hall–Kier alpha value is -3.91. The average molecular weight is 493 g/mol. The van der Waals surface area contributed by atoms with E-state index in [4.69, 9.17) is 4.98 Å². The third-order valence-corrected chi connectivity index (χ3v) is 9.59. The number of benzene rings is 3. The van der Waals surface area contributed by atoms with Crippen molar-refractivity contribution in [3.8, 4) is 0 Å². The molecule has 0 N–H and O–H groups in total. The number of allylic oxidation sites excluding steroid dienone is 4. The van der Waals surface area contributed by atoms with Gasteiger partial charge >= 0.3 is 0 Å². The zero-order valence-corrected chi connectivity index (χ0v) is 22.5. The lowest BCUT2D eigenvalue weighted by Crippen LogP contribution is -2.42. The number of fused-ring (bicyclic) bond motifs is 10. The van der Waals surface area contributed by atoms with Gasteiger partial charge < -0.3 is 0 Å². The molecule has 0 fully saturated rings. The summed E-state index contributed by atoms with van der Waals surface area (Å²) in [6.45, 7) is 9.32. The predicted molar refractivity (Wildman–Crippen MR) is 157 cm³/mol. The minimum atomic E-state index is -0.300. The second-order valence-electron chi connectivity index (χ2n) is 12.1. The highest BCUT2D eigenvalue weighted by Gasteiger charge is 2.55. The van der Waals surface area contributed by atoms with Crippen LogP contribution in [0, 0.1) is 0 Å². The molecule has 1 spiro atoms. The number of anilines is 3. The summed E-state index contributed by atoms with van der Waals surface area (Å²) >= 11 is 0. The molecule has 0 amide bonds. The van der Waals surface area contributed by atoms with Crippen molar-refractivity contribution in [3.63, 3.8) is 0 Å². The monoisotopic (exact) mass is 492 g/mol. The maximum atomic E-state index is 5.06.